The number of rotatable bonds is 9. The van der Waals surface area contributed by atoms with Crippen molar-refractivity contribution >= 4 is 35.6 Å². The lowest BCUT2D eigenvalue weighted by Gasteiger charge is -2.13. The van der Waals surface area contributed by atoms with E-state index in [0.717, 1.165) is 0 Å². The van der Waals surface area contributed by atoms with E-state index < -0.39 is 0 Å². The molecule has 5 nitrogen and oxygen atoms in total. The largest absolute Gasteiger partial charge is 0.489 e. The molecule has 120 valence electrons. The molecule has 1 aromatic rings. The number of carbonyl (C=O) groups is 1. The summed E-state index contributed by atoms with van der Waals surface area (Å²) in [6.45, 7) is 4.13. The number of hydrogen-bond donors (Lipinski definition) is 2. The molecule has 0 aliphatic heterocycles. The minimum atomic E-state index is -0.0868. The SMILES string of the molecule is CCOCCOc1ccc(Cl)cc1NC(=O)CCNC.Cl. The number of anilines is 1. The molecular formula is C14H22Cl2N2O3. The zero-order valence-corrected chi connectivity index (χ0v) is 13.9. The highest BCUT2D eigenvalue weighted by Crippen LogP contribution is 2.28. The fourth-order valence-electron chi connectivity index (χ4n) is 1.53. The fourth-order valence-corrected chi connectivity index (χ4v) is 1.70. The maximum Gasteiger partial charge on any atom is 0.225 e. The van der Waals surface area contributed by atoms with Crippen LogP contribution in [0.15, 0.2) is 18.2 Å². The second kappa shape index (κ2) is 11.6. The summed E-state index contributed by atoms with van der Waals surface area (Å²) in [5.74, 6) is 0.503. The van der Waals surface area contributed by atoms with Gasteiger partial charge in [-0.2, -0.15) is 0 Å². The first-order valence-electron chi connectivity index (χ1n) is 6.62. The van der Waals surface area contributed by atoms with Crippen LogP contribution in [0.2, 0.25) is 5.02 Å². The molecule has 0 atom stereocenters. The molecule has 0 unspecified atom stereocenters. The normalized spacial score (nSPS) is 9.86. The van der Waals surface area contributed by atoms with Crippen LogP contribution in [0.3, 0.4) is 0 Å². The summed E-state index contributed by atoms with van der Waals surface area (Å²) in [6.07, 6.45) is 0.390. The van der Waals surface area contributed by atoms with E-state index in [9.17, 15) is 4.79 Å². The molecule has 21 heavy (non-hydrogen) atoms. The first-order chi connectivity index (χ1) is 9.67. The average Bonchev–Trinajstić information content (AvgIpc) is 2.43. The van der Waals surface area contributed by atoms with Crippen molar-refractivity contribution in [3.05, 3.63) is 23.2 Å². The van der Waals surface area contributed by atoms with Gasteiger partial charge in [0.2, 0.25) is 5.91 Å². The van der Waals surface area contributed by atoms with Crippen molar-refractivity contribution in [2.75, 3.05) is 38.7 Å². The summed E-state index contributed by atoms with van der Waals surface area (Å²) in [5, 5.41) is 6.27. The highest BCUT2D eigenvalue weighted by atomic mass is 35.5. The molecule has 0 heterocycles. The number of ether oxygens (including phenoxy) is 2. The Balaban J connectivity index is 0.00000400. The third-order valence-corrected chi connectivity index (χ3v) is 2.74. The maximum atomic E-state index is 11.7. The Morgan fingerprint density at radius 2 is 2.10 bits per heavy atom. The first kappa shape index (κ1) is 20.0. The van der Waals surface area contributed by atoms with E-state index in [2.05, 4.69) is 10.6 Å². The van der Waals surface area contributed by atoms with Gasteiger partial charge in [-0.3, -0.25) is 4.79 Å². The van der Waals surface area contributed by atoms with Crippen molar-refractivity contribution in [2.24, 2.45) is 0 Å². The summed E-state index contributed by atoms with van der Waals surface area (Å²) < 4.78 is 10.8. The summed E-state index contributed by atoms with van der Waals surface area (Å²) >= 11 is 5.94. The van der Waals surface area contributed by atoms with Crippen LogP contribution < -0.4 is 15.4 Å². The molecular weight excluding hydrogens is 315 g/mol. The number of carbonyl (C=O) groups excluding carboxylic acids is 1. The molecule has 0 aliphatic carbocycles. The first-order valence-corrected chi connectivity index (χ1v) is 6.99. The average molecular weight is 337 g/mol. The zero-order chi connectivity index (χ0) is 14.8. The van der Waals surface area contributed by atoms with Gasteiger partial charge in [0.25, 0.3) is 0 Å². The van der Waals surface area contributed by atoms with Crippen LogP contribution >= 0.6 is 24.0 Å². The minimum Gasteiger partial charge on any atom is -0.489 e. The smallest absolute Gasteiger partial charge is 0.225 e. The van der Waals surface area contributed by atoms with E-state index >= 15 is 0 Å². The Bertz CT molecular complexity index is 431. The summed E-state index contributed by atoms with van der Waals surface area (Å²) in [4.78, 5) is 11.7. The molecule has 0 saturated carbocycles. The van der Waals surface area contributed by atoms with E-state index in [1.54, 1.807) is 25.2 Å². The van der Waals surface area contributed by atoms with Crippen LogP contribution in [0.1, 0.15) is 13.3 Å². The predicted molar refractivity (Wildman–Crippen MR) is 87.9 cm³/mol. The van der Waals surface area contributed by atoms with Crippen LogP contribution in [0.5, 0.6) is 5.75 Å². The van der Waals surface area contributed by atoms with Gasteiger partial charge in [-0.15, -0.1) is 12.4 Å². The molecule has 0 fully saturated rings. The molecule has 1 amide bonds. The zero-order valence-electron chi connectivity index (χ0n) is 12.3. The summed E-state index contributed by atoms with van der Waals surface area (Å²) in [7, 11) is 1.80. The van der Waals surface area contributed by atoms with E-state index in [1.165, 1.54) is 0 Å². The van der Waals surface area contributed by atoms with Crippen molar-refractivity contribution in [3.63, 3.8) is 0 Å². The van der Waals surface area contributed by atoms with Gasteiger partial charge in [0.1, 0.15) is 12.4 Å². The standard InChI is InChI=1S/C14H21ClN2O3.ClH/c1-3-19-8-9-20-13-5-4-11(15)10-12(13)17-14(18)6-7-16-2;/h4-5,10,16H,3,6-9H2,1-2H3,(H,17,18);1H. The molecule has 1 rings (SSSR count). The number of hydrogen-bond acceptors (Lipinski definition) is 4. The molecule has 0 saturated heterocycles. The Morgan fingerprint density at radius 1 is 1.33 bits per heavy atom. The molecule has 0 radical (unpaired) electrons. The topological polar surface area (TPSA) is 59.6 Å². The summed E-state index contributed by atoms with van der Waals surface area (Å²) in [5.41, 5.74) is 0.579. The number of nitrogens with one attached hydrogen (secondary N) is 2. The number of halogens is 2. The molecule has 1 aromatic carbocycles. The Kier molecular flexibility index (Phi) is 11.1. The Morgan fingerprint density at radius 3 is 2.76 bits per heavy atom. The Labute approximate surface area is 136 Å². The lowest BCUT2D eigenvalue weighted by Crippen LogP contribution is -2.19. The van der Waals surface area contributed by atoms with Gasteiger partial charge in [0.05, 0.1) is 12.3 Å². The van der Waals surface area contributed by atoms with Crippen LogP contribution in [0, 0.1) is 0 Å². The lowest BCUT2D eigenvalue weighted by molar-refractivity contribution is -0.116. The predicted octanol–water partition coefficient (Wildman–Crippen LogP) is 2.73. The third-order valence-electron chi connectivity index (χ3n) is 2.51. The summed E-state index contributed by atoms with van der Waals surface area (Å²) in [6, 6.07) is 5.14. The van der Waals surface area contributed by atoms with E-state index in [-0.39, 0.29) is 18.3 Å². The second-order valence-corrected chi connectivity index (χ2v) is 4.52. The van der Waals surface area contributed by atoms with E-state index in [0.29, 0.717) is 49.2 Å². The van der Waals surface area contributed by atoms with Crippen molar-refractivity contribution < 1.29 is 14.3 Å². The molecule has 7 heteroatoms. The molecule has 2 N–H and O–H groups in total. The highest BCUT2D eigenvalue weighted by Gasteiger charge is 2.08. The molecule has 0 aromatic heterocycles. The number of amides is 1. The van der Waals surface area contributed by atoms with Gasteiger partial charge in [0, 0.05) is 24.6 Å². The van der Waals surface area contributed by atoms with Crippen LogP contribution in [0.4, 0.5) is 5.69 Å². The molecule has 0 bridgehead atoms. The van der Waals surface area contributed by atoms with E-state index in [1.807, 2.05) is 6.92 Å². The van der Waals surface area contributed by atoms with Gasteiger partial charge in [0.15, 0.2) is 0 Å². The van der Waals surface area contributed by atoms with Gasteiger partial charge < -0.3 is 20.1 Å². The molecule has 0 aliphatic rings. The van der Waals surface area contributed by atoms with Crippen molar-refractivity contribution in [1.29, 1.82) is 0 Å². The van der Waals surface area contributed by atoms with Crippen LogP contribution in [-0.4, -0.2) is 39.3 Å². The van der Waals surface area contributed by atoms with Crippen molar-refractivity contribution in [2.45, 2.75) is 13.3 Å². The number of benzene rings is 1. The van der Waals surface area contributed by atoms with Gasteiger partial charge >= 0.3 is 0 Å². The molecule has 0 spiro atoms. The quantitative estimate of drug-likeness (QED) is 0.680. The highest BCUT2D eigenvalue weighted by molar-refractivity contribution is 6.31. The van der Waals surface area contributed by atoms with Crippen LogP contribution in [-0.2, 0) is 9.53 Å². The maximum absolute atomic E-state index is 11.7. The monoisotopic (exact) mass is 336 g/mol. The van der Waals surface area contributed by atoms with Gasteiger partial charge in [-0.1, -0.05) is 11.6 Å². The van der Waals surface area contributed by atoms with Gasteiger partial charge in [-0.25, -0.2) is 0 Å². The van der Waals surface area contributed by atoms with Crippen LogP contribution in [0.25, 0.3) is 0 Å². The Hall–Kier alpha value is -1.01. The van der Waals surface area contributed by atoms with Crippen molar-refractivity contribution in [1.82, 2.24) is 5.32 Å². The van der Waals surface area contributed by atoms with Crippen molar-refractivity contribution in [3.8, 4) is 5.75 Å². The third kappa shape index (κ3) is 8.12. The van der Waals surface area contributed by atoms with E-state index in [4.69, 9.17) is 21.1 Å². The van der Waals surface area contributed by atoms with Gasteiger partial charge in [-0.05, 0) is 32.2 Å². The second-order valence-electron chi connectivity index (χ2n) is 4.09. The minimum absolute atomic E-state index is 0. The lowest BCUT2D eigenvalue weighted by atomic mass is 10.2. The fraction of sp³-hybridized carbons (Fsp3) is 0.500.